The smallest absolute Gasteiger partial charge is 0.222 e. The van der Waals surface area contributed by atoms with Gasteiger partial charge in [-0.2, -0.15) is 0 Å². The van der Waals surface area contributed by atoms with E-state index in [0.717, 1.165) is 36.4 Å². The Balaban J connectivity index is 1.31. The quantitative estimate of drug-likeness (QED) is 0.518. The van der Waals surface area contributed by atoms with E-state index in [2.05, 4.69) is 20.6 Å². The summed E-state index contributed by atoms with van der Waals surface area (Å²) in [5, 5.41) is 6.44. The van der Waals surface area contributed by atoms with Gasteiger partial charge >= 0.3 is 0 Å². The molecule has 140 valence electrons. The Bertz CT molecular complexity index is 795. The second-order valence-corrected chi connectivity index (χ2v) is 6.06. The summed E-state index contributed by atoms with van der Waals surface area (Å²) in [5.41, 5.74) is 2.03. The molecule has 2 aromatic carbocycles. The first-order valence-corrected chi connectivity index (χ1v) is 9.02. The molecule has 1 heterocycles. The SMILES string of the molecule is Fc1ccc(NCc2ccc(OCCCCNc3ncccn3)cc2)cc1. The summed E-state index contributed by atoms with van der Waals surface area (Å²) in [6.07, 6.45) is 5.38. The molecule has 0 atom stereocenters. The number of rotatable bonds is 10. The van der Waals surface area contributed by atoms with Crippen molar-refractivity contribution in [2.45, 2.75) is 19.4 Å². The zero-order chi connectivity index (χ0) is 18.7. The lowest BCUT2D eigenvalue weighted by atomic mass is 10.2. The largest absolute Gasteiger partial charge is 0.494 e. The van der Waals surface area contributed by atoms with Gasteiger partial charge in [-0.15, -0.1) is 0 Å². The summed E-state index contributed by atoms with van der Waals surface area (Å²) in [6, 6.07) is 16.1. The van der Waals surface area contributed by atoms with Gasteiger partial charge in [0.2, 0.25) is 5.95 Å². The Kier molecular flexibility index (Phi) is 6.98. The Hall–Kier alpha value is -3.15. The lowest BCUT2D eigenvalue weighted by Crippen LogP contribution is -2.07. The van der Waals surface area contributed by atoms with E-state index in [1.807, 2.05) is 24.3 Å². The molecule has 0 radical (unpaired) electrons. The summed E-state index contributed by atoms with van der Waals surface area (Å²) in [7, 11) is 0. The lowest BCUT2D eigenvalue weighted by molar-refractivity contribution is 0.308. The average molecular weight is 366 g/mol. The Morgan fingerprint density at radius 2 is 1.59 bits per heavy atom. The van der Waals surface area contributed by atoms with Crippen LogP contribution in [0, 0.1) is 5.82 Å². The van der Waals surface area contributed by atoms with E-state index >= 15 is 0 Å². The third-order valence-corrected chi connectivity index (χ3v) is 3.95. The molecule has 3 aromatic rings. The number of benzene rings is 2. The standard InChI is InChI=1S/C21H23FN4O/c22-18-6-8-19(9-7-18)26-16-17-4-10-20(11-5-17)27-15-2-1-12-23-21-24-13-3-14-25-21/h3-11,13-14,26H,1-2,12,15-16H2,(H,23,24,25). The molecule has 0 bridgehead atoms. The minimum atomic E-state index is -0.230. The maximum Gasteiger partial charge on any atom is 0.222 e. The predicted molar refractivity (Wildman–Crippen MR) is 105 cm³/mol. The van der Waals surface area contributed by atoms with Crippen LogP contribution in [0.4, 0.5) is 16.0 Å². The number of halogens is 1. The molecule has 1 aromatic heterocycles. The van der Waals surface area contributed by atoms with Crippen LogP contribution in [0.25, 0.3) is 0 Å². The molecule has 0 spiro atoms. The Morgan fingerprint density at radius 1 is 0.852 bits per heavy atom. The van der Waals surface area contributed by atoms with Gasteiger partial charge in [-0.25, -0.2) is 14.4 Å². The van der Waals surface area contributed by atoms with Crippen molar-refractivity contribution in [2.24, 2.45) is 0 Å². The highest BCUT2D eigenvalue weighted by Gasteiger charge is 1.98. The zero-order valence-corrected chi connectivity index (χ0v) is 15.1. The molecule has 0 aliphatic carbocycles. The molecule has 3 rings (SSSR count). The van der Waals surface area contributed by atoms with E-state index in [0.29, 0.717) is 19.1 Å². The average Bonchev–Trinajstić information content (AvgIpc) is 2.72. The third-order valence-electron chi connectivity index (χ3n) is 3.95. The van der Waals surface area contributed by atoms with Gasteiger partial charge in [0.05, 0.1) is 6.61 Å². The summed E-state index contributed by atoms with van der Waals surface area (Å²) in [6.45, 7) is 2.17. The van der Waals surface area contributed by atoms with Gasteiger partial charge in [0.25, 0.3) is 0 Å². The summed E-state index contributed by atoms with van der Waals surface area (Å²) in [5.74, 6) is 1.29. The monoisotopic (exact) mass is 366 g/mol. The van der Waals surface area contributed by atoms with Gasteiger partial charge in [-0.05, 0) is 60.9 Å². The molecule has 2 N–H and O–H groups in total. The normalized spacial score (nSPS) is 10.4. The van der Waals surface area contributed by atoms with Gasteiger partial charge in [0, 0.05) is 31.2 Å². The molecule has 27 heavy (non-hydrogen) atoms. The molecule has 0 amide bonds. The van der Waals surface area contributed by atoms with Gasteiger partial charge in [-0.1, -0.05) is 12.1 Å². The van der Waals surface area contributed by atoms with Crippen LogP contribution in [0.3, 0.4) is 0 Å². The number of aromatic nitrogens is 2. The van der Waals surface area contributed by atoms with Crippen LogP contribution in [0.5, 0.6) is 5.75 Å². The van der Waals surface area contributed by atoms with Crippen molar-refractivity contribution in [1.82, 2.24) is 9.97 Å². The molecule has 0 aliphatic heterocycles. The Morgan fingerprint density at radius 3 is 2.33 bits per heavy atom. The van der Waals surface area contributed by atoms with Gasteiger partial charge in [0.15, 0.2) is 0 Å². The molecular weight excluding hydrogens is 343 g/mol. The van der Waals surface area contributed by atoms with E-state index in [4.69, 9.17) is 4.74 Å². The van der Waals surface area contributed by atoms with E-state index in [-0.39, 0.29) is 5.82 Å². The number of unbranched alkanes of at least 4 members (excludes halogenated alkanes) is 1. The first-order valence-electron chi connectivity index (χ1n) is 9.02. The fourth-order valence-electron chi connectivity index (χ4n) is 2.48. The van der Waals surface area contributed by atoms with Crippen molar-refractivity contribution >= 4 is 11.6 Å². The first-order chi connectivity index (χ1) is 13.3. The molecule has 5 nitrogen and oxygen atoms in total. The van der Waals surface area contributed by atoms with Crippen molar-refractivity contribution < 1.29 is 9.13 Å². The van der Waals surface area contributed by atoms with Crippen LogP contribution < -0.4 is 15.4 Å². The summed E-state index contributed by atoms with van der Waals surface area (Å²) >= 11 is 0. The van der Waals surface area contributed by atoms with Crippen LogP contribution >= 0.6 is 0 Å². The number of hydrogen-bond acceptors (Lipinski definition) is 5. The topological polar surface area (TPSA) is 59.1 Å². The number of hydrogen-bond donors (Lipinski definition) is 2. The second kappa shape index (κ2) is 10.1. The Labute approximate surface area is 158 Å². The van der Waals surface area contributed by atoms with Crippen molar-refractivity contribution in [3.05, 3.63) is 78.4 Å². The van der Waals surface area contributed by atoms with Crippen LogP contribution in [0.1, 0.15) is 18.4 Å². The molecule has 0 fully saturated rings. The van der Waals surface area contributed by atoms with Crippen molar-refractivity contribution in [2.75, 3.05) is 23.8 Å². The number of nitrogens with zero attached hydrogens (tertiary/aromatic N) is 2. The van der Waals surface area contributed by atoms with Crippen LogP contribution in [0.15, 0.2) is 67.0 Å². The fourth-order valence-corrected chi connectivity index (χ4v) is 2.48. The van der Waals surface area contributed by atoms with Gasteiger partial charge in [-0.3, -0.25) is 0 Å². The zero-order valence-electron chi connectivity index (χ0n) is 15.1. The molecule has 0 saturated heterocycles. The van der Waals surface area contributed by atoms with Gasteiger partial charge < -0.3 is 15.4 Å². The highest BCUT2D eigenvalue weighted by atomic mass is 19.1. The fraction of sp³-hybridized carbons (Fsp3) is 0.238. The van der Waals surface area contributed by atoms with Crippen LogP contribution in [0.2, 0.25) is 0 Å². The van der Waals surface area contributed by atoms with E-state index in [1.165, 1.54) is 12.1 Å². The summed E-state index contributed by atoms with van der Waals surface area (Å²) < 4.78 is 18.7. The van der Waals surface area contributed by atoms with Crippen molar-refractivity contribution in [3.8, 4) is 5.75 Å². The molecule has 0 saturated carbocycles. The van der Waals surface area contributed by atoms with Crippen molar-refractivity contribution in [1.29, 1.82) is 0 Å². The van der Waals surface area contributed by atoms with E-state index < -0.39 is 0 Å². The van der Waals surface area contributed by atoms with E-state index in [9.17, 15) is 4.39 Å². The predicted octanol–water partition coefficient (Wildman–Crippen LogP) is 4.50. The second-order valence-electron chi connectivity index (χ2n) is 6.06. The first kappa shape index (κ1) is 18.6. The molecular formula is C21H23FN4O. The third kappa shape index (κ3) is 6.58. The van der Waals surface area contributed by atoms with Crippen LogP contribution in [-0.4, -0.2) is 23.1 Å². The molecule has 0 unspecified atom stereocenters. The maximum atomic E-state index is 12.9. The van der Waals surface area contributed by atoms with Gasteiger partial charge in [0.1, 0.15) is 11.6 Å². The molecule has 6 heteroatoms. The summed E-state index contributed by atoms with van der Waals surface area (Å²) in [4.78, 5) is 8.23. The number of ether oxygens (including phenoxy) is 1. The number of nitrogens with one attached hydrogen (secondary N) is 2. The minimum Gasteiger partial charge on any atom is -0.494 e. The maximum absolute atomic E-state index is 12.9. The lowest BCUT2D eigenvalue weighted by Gasteiger charge is -2.09. The molecule has 0 aliphatic rings. The minimum absolute atomic E-state index is 0.230. The van der Waals surface area contributed by atoms with Crippen LogP contribution in [-0.2, 0) is 6.54 Å². The highest BCUT2D eigenvalue weighted by Crippen LogP contribution is 2.15. The van der Waals surface area contributed by atoms with E-state index in [1.54, 1.807) is 30.6 Å². The van der Waals surface area contributed by atoms with Crippen molar-refractivity contribution in [3.63, 3.8) is 0 Å². The number of anilines is 2. The highest BCUT2D eigenvalue weighted by molar-refractivity contribution is 5.43.